The molecular formula is C28H31N3O3. The third kappa shape index (κ3) is 3.35. The molecule has 6 nitrogen and oxygen atoms in total. The lowest BCUT2D eigenvalue weighted by Gasteiger charge is -2.51. The van der Waals surface area contributed by atoms with E-state index in [-0.39, 0.29) is 24.1 Å². The molecule has 1 aromatic heterocycles. The smallest absolute Gasteiger partial charge is 0.410 e. The van der Waals surface area contributed by atoms with Crippen molar-refractivity contribution in [1.82, 2.24) is 14.7 Å². The van der Waals surface area contributed by atoms with Crippen LogP contribution in [0.1, 0.15) is 60.4 Å². The van der Waals surface area contributed by atoms with E-state index in [1.54, 1.807) is 4.68 Å². The number of nitrogens with zero attached hydrogens (tertiary/aromatic N) is 3. The number of aliphatic hydroxyl groups is 1. The third-order valence-electron chi connectivity index (χ3n) is 8.07. The van der Waals surface area contributed by atoms with E-state index in [9.17, 15) is 9.90 Å². The van der Waals surface area contributed by atoms with Crippen molar-refractivity contribution in [3.63, 3.8) is 0 Å². The molecule has 1 N–H and O–H groups in total. The molecule has 2 bridgehead atoms. The maximum atomic E-state index is 13.4. The molecule has 1 aliphatic carbocycles. The zero-order valence-electron chi connectivity index (χ0n) is 19.8. The molecule has 3 aromatic rings. The van der Waals surface area contributed by atoms with Gasteiger partial charge in [0.2, 0.25) is 0 Å². The lowest BCUT2D eigenvalue weighted by atomic mass is 9.73. The van der Waals surface area contributed by atoms with Gasteiger partial charge in [0, 0.05) is 49.7 Å². The van der Waals surface area contributed by atoms with Gasteiger partial charge in [-0.3, -0.25) is 4.68 Å². The van der Waals surface area contributed by atoms with Crippen molar-refractivity contribution < 1.29 is 14.6 Å². The minimum absolute atomic E-state index is 0.0206. The van der Waals surface area contributed by atoms with Gasteiger partial charge in [-0.25, -0.2) is 4.79 Å². The second kappa shape index (κ2) is 7.98. The summed E-state index contributed by atoms with van der Waals surface area (Å²) in [7, 11) is 1.88. The number of hydrogen-bond acceptors (Lipinski definition) is 4. The monoisotopic (exact) mass is 457 g/mol. The van der Waals surface area contributed by atoms with E-state index in [4.69, 9.17) is 4.74 Å². The van der Waals surface area contributed by atoms with Crippen molar-refractivity contribution >= 4 is 6.09 Å². The summed E-state index contributed by atoms with van der Waals surface area (Å²) in [6.45, 7) is 2.27. The van der Waals surface area contributed by atoms with Gasteiger partial charge >= 0.3 is 6.09 Å². The van der Waals surface area contributed by atoms with E-state index in [0.717, 1.165) is 30.5 Å². The van der Waals surface area contributed by atoms with Crippen LogP contribution in [-0.4, -0.2) is 44.6 Å². The first-order valence-electron chi connectivity index (χ1n) is 12.3. The summed E-state index contributed by atoms with van der Waals surface area (Å²) in [6.07, 6.45) is 5.59. The topological polar surface area (TPSA) is 67.6 Å². The van der Waals surface area contributed by atoms with Crippen LogP contribution in [0.15, 0.2) is 54.7 Å². The Hall–Kier alpha value is -3.12. The Morgan fingerprint density at radius 2 is 1.65 bits per heavy atom. The second-order valence-corrected chi connectivity index (χ2v) is 10.2. The number of piperidine rings is 2. The zero-order valence-corrected chi connectivity index (χ0v) is 19.8. The van der Waals surface area contributed by atoms with Crippen molar-refractivity contribution in [2.75, 3.05) is 6.61 Å². The molecule has 0 spiro atoms. The third-order valence-corrected chi connectivity index (χ3v) is 8.07. The normalized spacial score (nSPS) is 25.7. The van der Waals surface area contributed by atoms with Crippen molar-refractivity contribution in [1.29, 1.82) is 0 Å². The Morgan fingerprint density at radius 3 is 2.21 bits per heavy atom. The maximum absolute atomic E-state index is 13.4. The Morgan fingerprint density at radius 1 is 1.06 bits per heavy atom. The van der Waals surface area contributed by atoms with E-state index >= 15 is 0 Å². The summed E-state index contributed by atoms with van der Waals surface area (Å²) in [5.41, 5.74) is 5.69. The molecule has 2 unspecified atom stereocenters. The molecule has 2 aliphatic heterocycles. The highest BCUT2D eigenvalue weighted by atomic mass is 16.6. The highest BCUT2D eigenvalue weighted by molar-refractivity contribution is 5.79. The summed E-state index contributed by atoms with van der Waals surface area (Å²) >= 11 is 0. The van der Waals surface area contributed by atoms with E-state index in [0.29, 0.717) is 19.4 Å². The van der Waals surface area contributed by atoms with Crippen LogP contribution in [0.25, 0.3) is 11.1 Å². The van der Waals surface area contributed by atoms with Gasteiger partial charge < -0.3 is 14.7 Å². The molecule has 34 heavy (non-hydrogen) atoms. The first-order chi connectivity index (χ1) is 16.4. The molecule has 3 heterocycles. The summed E-state index contributed by atoms with van der Waals surface area (Å²) in [4.78, 5) is 15.3. The van der Waals surface area contributed by atoms with Crippen LogP contribution in [0.4, 0.5) is 4.79 Å². The van der Waals surface area contributed by atoms with Crippen LogP contribution in [-0.2, 0) is 17.4 Å². The molecule has 2 saturated heterocycles. The molecule has 0 radical (unpaired) electrons. The predicted octanol–water partition coefficient (Wildman–Crippen LogP) is 4.88. The Balaban J connectivity index is 1.21. The van der Waals surface area contributed by atoms with Gasteiger partial charge in [-0.15, -0.1) is 0 Å². The number of carbonyl (C=O) groups excluding carboxylic acids is 1. The SMILES string of the molecule is Cc1nn(C)cc1C1(O)CC2CCCC(C1)N2C(=O)OCC1c2ccccc2-c2ccccc21. The highest BCUT2D eigenvalue weighted by Gasteiger charge is 2.49. The van der Waals surface area contributed by atoms with Crippen molar-refractivity contribution in [3.8, 4) is 11.1 Å². The highest BCUT2D eigenvalue weighted by Crippen LogP contribution is 2.47. The van der Waals surface area contributed by atoms with Gasteiger partial charge in [-0.05, 0) is 48.4 Å². The molecule has 1 amide bonds. The number of aromatic nitrogens is 2. The van der Waals surface area contributed by atoms with E-state index in [1.807, 2.05) is 25.1 Å². The number of benzene rings is 2. The van der Waals surface area contributed by atoms with Crippen LogP contribution < -0.4 is 0 Å². The number of rotatable bonds is 3. The van der Waals surface area contributed by atoms with Gasteiger partial charge in [-0.2, -0.15) is 5.10 Å². The standard InChI is InChI=1S/C28H31N3O3/c1-18-26(16-30(2)29-18)28(33)14-19-8-7-9-20(15-28)31(19)27(32)34-17-25-23-12-5-3-10-21(23)22-11-4-6-13-24(22)25/h3-6,10-13,16,19-20,25,33H,7-9,14-15,17H2,1-2H3. The van der Waals surface area contributed by atoms with Crippen molar-refractivity contribution in [3.05, 3.63) is 77.1 Å². The maximum Gasteiger partial charge on any atom is 0.410 e. The molecule has 3 aliphatic rings. The van der Waals surface area contributed by atoms with Crippen LogP contribution >= 0.6 is 0 Å². The van der Waals surface area contributed by atoms with Gasteiger partial charge in [-0.1, -0.05) is 48.5 Å². The van der Waals surface area contributed by atoms with Crippen molar-refractivity contribution in [2.24, 2.45) is 7.05 Å². The number of carbonyl (C=O) groups is 1. The van der Waals surface area contributed by atoms with Crippen LogP contribution in [0.3, 0.4) is 0 Å². The summed E-state index contributed by atoms with van der Waals surface area (Å²) in [6, 6.07) is 16.7. The number of amides is 1. The van der Waals surface area contributed by atoms with Gasteiger partial charge in [0.1, 0.15) is 6.61 Å². The quantitative estimate of drug-likeness (QED) is 0.609. The predicted molar refractivity (Wildman–Crippen MR) is 129 cm³/mol. The fraction of sp³-hybridized carbons (Fsp3) is 0.429. The summed E-state index contributed by atoms with van der Waals surface area (Å²) < 4.78 is 7.77. The minimum atomic E-state index is -0.950. The zero-order chi connectivity index (χ0) is 23.4. The summed E-state index contributed by atoms with van der Waals surface area (Å²) in [5.74, 6) is 0.0518. The van der Waals surface area contributed by atoms with E-state index < -0.39 is 5.60 Å². The Bertz CT molecular complexity index is 1190. The Labute approximate surface area is 200 Å². The number of hydrogen-bond donors (Lipinski definition) is 1. The number of aryl methyl sites for hydroxylation is 2. The molecular weight excluding hydrogens is 426 g/mol. The molecule has 6 rings (SSSR count). The fourth-order valence-electron chi connectivity index (χ4n) is 6.67. The number of ether oxygens (including phenoxy) is 1. The van der Waals surface area contributed by atoms with Gasteiger partial charge in [0.25, 0.3) is 0 Å². The van der Waals surface area contributed by atoms with Gasteiger partial charge in [0.05, 0.1) is 11.3 Å². The van der Waals surface area contributed by atoms with Gasteiger partial charge in [0.15, 0.2) is 0 Å². The fourth-order valence-corrected chi connectivity index (χ4v) is 6.67. The van der Waals surface area contributed by atoms with E-state index in [2.05, 4.69) is 53.6 Å². The number of fused-ring (bicyclic) bond motifs is 5. The lowest BCUT2D eigenvalue weighted by Crippen LogP contribution is -2.59. The Kier molecular flexibility index (Phi) is 5.03. The average Bonchev–Trinajstić information content (AvgIpc) is 3.33. The second-order valence-electron chi connectivity index (χ2n) is 10.2. The first kappa shape index (κ1) is 21.4. The molecule has 176 valence electrons. The lowest BCUT2D eigenvalue weighted by molar-refractivity contribution is -0.0894. The van der Waals surface area contributed by atoms with Crippen LogP contribution in [0.5, 0.6) is 0 Å². The molecule has 6 heteroatoms. The van der Waals surface area contributed by atoms with E-state index in [1.165, 1.54) is 22.3 Å². The first-order valence-corrected chi connectivity index (χ1v) is 12.3. The van der Waals surface area contributed by atoms with Crippen molar-refractivity contribution in [2.45, 2.75) is 62.6 Å². The average molecular weight is 458 g/mol. The molecule has 2 aromatic carbocycles. The van der Waals surface area contributed by atoms with Crippen LogP contribution in [0, 0.1) is 6.92 Å². The molecule has 0 saturated carbocycles. The summed E-state index contributed by atoms with van der Waals surface area (Å²) in [5, 5.41) is 16.1. The van der Waals surface area contributed by atoms with Crippen LogP contribution in [0.2, 0.25) is 0 Å². The molecule has 2 atom stereocenters. The molecule has 2 fully saturated rings. The minimum Gasteiger partial charge on any atom is -0.448 e. The largest absolute Gasteiger partial charge is 0.448 e.